The smallest absolute Gasteiger partial charge is 0.321 e. The summed E-state index contributed by atoms with van der Waals surface area (Å²) in [7, 11) is 1.74. The zero-order chi connectivity index (χ0) is 26.9. The lowest BCUT2D eigenvalue weighted by Gasteiger charge is -2.48. The molecule has 0 bridgehead atoms. The van der Waals surface area contributed by atoms with Gasteiger partial charge in [-0.2, -0.15) is 13.2 Å². The molecule has 11 heteroatoms. The molecule has 0 spiro atoms. The molecule has 0 radical (unpaired) electrons. The van der Waals surface area contributed by atoms with Crippen LogP contribution in [0.25, 0.3) is 0 Å². The number of halogens is 5. The number of hydrogen-bond acceptors (Lipinski definition) is 4. The molecule has 200 valence electrons. The van der Waals surface area contributed by atoms with Gasteiger partial charge in [0.05, 0.1) is 12.1 Å². The van der Waals surface area contributed by atoms with E-state index < -0.39 is 29.0 Å². The fraction of sp³-hybridized carbons (Fsp3) is 0.444. The monoisotopic (exact) mass is 531 g/mol. The molecule has 6 nitrogen and oxygen atoms in total. The zero-order valence-electron chi connectivity index (χ0n) is 20.7. The first kappa shape index (κ1) is 25.0. The zero-order valence-corrected chi connectivity index (χ0v) is 20.7. The average Bonchev–Trinajstić information content (AvgIpc) is 3.36. The minimum atomic E-state index is -4.61. The predicted molar refractivity (Wildman–Crippen MR) is 129 cm³/mol. The maximum absolute atomic E-state index is 14.2. The van der Waals surface area contributed by atoms with Gasteiger partial charge in [-0.05, 0) is 60.5 Å². The Labute approximate surface area is 216 Å². The number of anilines is 1. The molecule has 0 N–H and O–H groups in total. The van der Waals surface area contributed by atoms with Gasteiger partial charge < -0.3 is 9.47 Å². The number of hydrogen-bond donors (Lipinski definition) is 0. The molecule has 1 aliphatic carbocycles. The van der Waals surface area contributed by atoms with Crippen LogP contribution < -0.4 is 4.90 Å². The summed E-state index contributed by atoms with van der Waals surface area (Å²) in [6, 6.07) is 9.40. The number of rotatable bonds is 6. The second kappa shape index (κ2) is 8.59. The number of carbonyl (C=O) groups excluding carboxylic acids is 1. The summed E-state index contributed by atoms with van der Waals surface area (Å²) in [6.07, 6.45) is -2.64. The van der Waals surface area contributed by atoms with Crippen LogP contribution in [0.4, 0.5) is 27.6 Å². The standard InChI is InChI=1S/C27H26F5N5O/c1-35-16-33-34-23(35)11-25(14-26(28,29)15-25)18-4-2-5-19(10-18)37-13-21-20(24(37)38)8-17(12-36-6-3-7-36)9-22(21)27(30,31)32/h2,4-5,8-10,16H,3,6-7,11-15H2,1H3. The number of nitrogens with zero attached hydrogens (tertiary/aromatic N) is 5. The Morgan fingerprint density at radius 3 is 2.45 bits per heavy atom. The maximum Gasteiger partial charge on any atom is 0.416 e. The fourth-order valence-corrected chi connectivity index (χ4v) is 5.96. The van der Waals surface area contributed by atoms with Crippen LogP contribution in [0, 0.1) is 0 Å². The number of benzene rings is 2. The van der Waals surface area contributed by atoms with Crippen molar-refractivity contribution in [3.05, 3.63) is 76.4 Å². The lowest BCUT2D eigenvalue weighted by atomic mass is 9.60. The number of aryl methyl sites for hydroxylation is 1. The Hall–Kier alpha value is -3.34. The summed E-state index contributed by atoms with van der Waals surface area (Å²) < 4.78 is 72.2. The lowest BCUT2D eigenvalue weighted by molar-refractivity contribution is -0.138. The molecule has 1 saturated carbocycles. The van der Waals surface area contributed by atoms with Crippen molar-refractivity contribution in [3.8, 4) is 0 Å². The molecule has 1 aromatic heterocycles. The molecule has 2 aromatic carbocycles. The van der Waals surface area contributed by atoms with Crippen LogP contribution in [-0.4, -0.2) is 44.6 Å². The minimum absolute atomic E-state index is 0.0460. The van der Waals surface area contributed by atoms with E-state index in [0.717, 1.165) is 25.6 Å². The average molecular weight is 532 g/mol. The SMILES string of the molecule is Cn1cnnc1CC1(c2cccc(N3Cc4c(cc(CN5CCC5)cc4C(F)(F)F)C3=O)c2)CC(F)(F)C1. The van der Waals surface area contributed by atoms with Gasteiger partial charge in [0.2, 0.25) is 5.92 Å². The largest absolute Gasteiger partial charge is 0.416 e. The number of fused-ring (bicyclic) bond motifs is 1. The molecule has 0 atom stereocenters. The highest BCUT2D eigenvalue weighted by molar-refractivity contribution is 6.10. The summed E-state index contributed by atoms with van der Waals surface area (Å²) in [4.78, 5) is 16.8. The van der Waals surface area contributed by atoms with Gasteiger partial charge in [-0.15, -0.1) is 10.2 Å². The van der Waals surface area contributed by atoms with Crippen LogP contribution in [0.15, 0.2) is 42.7 Å². The van der Waals surface area contributed by atoms with E-state index in [1.807, 2.05) is 4.90 Å². The Balaban J connectivity index is 1.34. The molecule has 6 rings (SSSR count). The van der Waals surface area contributed by atoms with Crippen molar-refractivity contribution in [2.75, 3.05) is 18.0 Å². The second-order valence-corrected chi connectivity index (χ2v) is 10.8. The van der Waals surface area contributed by atoms with Crippen molar-refractivity contribution in [2.24, 2.45) is 7.05 Å². The summed E-state index contributed by atoms with van der Waals surface area (Å²) in [5.74, 6) is -2.79. The molecule has 1 saturated heterocycles. The van der Waals surface area contributed by atoms with Crippen molar-refractivity contribution in [1.82, 2.24) is 19.7 Å². The van der Waals surface area contributed by atoms with Crippen molar-refractivity contribution in [3.63, 3.8) is 0 Å². The number of amides is 1. The number of aromatic nitrogens is 3. The van der Waals surface area contributed by atoms with Crippen molar-refractivity contribution in [2.45, 2.75) is 56.3 Å². The van der Waals surface area contributed by atoms with Gasteiger partial charge in [0, 0.05) is 49.5 Å². The molecule has 3 heterocycles. The minimum Gasteiger partial charge on any atom is -0.321 e. The predicted octanol–water partition coefficient (Wildman–Crippen LogP) is 5.11. The molecule has 0 unspecified atom stereocenters. The quantitative estimate of drug-likeness (QED) is 0.415. The third-order valence-electron chi connectivity index (χ3n) is 8.03. The topological polar surface area (TPSA) is 54.3 Å². The van der Waals surface area contributed by atoms with E-state index >= 15 is 0 Å². The van der Waals surface area contributed by atoms with Crippen LogP contribution in [0.5, 0.6) is 0 Å². The highest BCUT2D eigenvalue weighted by Gasteiger charge is 2.57. The van der Waals surface area contributed by atoms with Crippen molar-refractivity contribution >= 4 is 11.6 Å². The van der Waals surface area contributed by atoms with Crippen molar-refractivity contribution in [1.29, 1.82) is 0 Å². The van der Waals surface area contributed by atoms with E-state index in [4.69, 9.17) is 0 Å². The van der Waals surface area contributed by atoms with Gasteiger partial charge in [0.1, 0.15) is 12.2 Å². The number of carbonyl (C=O) groups is 1. The lowest BCUT2D eigenvalue weighted by Crippen LogP contribution is -2.51. The summed E-state index contributed by atoms with van der Waals surface area (Å²) in [5.41, 5.74) is -0.281. The van der Waals surface area contributed by atoms with Crippen LogP contribution in [0.2, 0.25) is 0 Å². The summed E-state index contributed by atoms with van der Waals surface area (Å²) >= 11 is 0. The molecule has 2 fully saturated rings. The van der Waals surface area contributed by atoms with Gasteiger partial charge in [-0.3, -0.25) is 9.69 Å². The van der Waals surface area contributed by atoms with Crippen LogP contribution in [0.3, 0.4) is 0 Å². The highest BCUT2D eigenvalue weighted by Crippen LogP contribution is 2.55. The first-order valence-corrected chi connectivity index (χ1v) is 12.5. The van der Waals surface area contributed by atoms with E-state index in [9.17, 15) is 26.7 Å². The molecule has 38 heavy (non-hydrogen) atoms. The van der Waals surface area contributed by atoms with Gasteiger partial charge in [0.25, 0.3) is 5.91 Å². The molecular weight excluding hydrogens is 505 g/mol. The Morgan fingerprint density at radius 2 is 1.84 bits per heavy atom. The van der Waals surface area contributed by atoms with E-state index in [1.165, 1.54) is 11.2 Å². The number of alkyl halides is 5. The van der Waals surface area contributed by atoms with Crippen LogP contribution in [-0.2, 0) is 38.1 Å². The fourth-order valence-electron chi connectivity index (χ4n) is 5.96. The molecular formula is C27H26F5N5O. The van der Waals surface area contributed by atoms with E-state index in [0.29, 0.717) is 29.2 Å². The molecule has 3 aliphatic rings. The van der Waals surface area contributed by atoms with Gasteiger partial charge >= 0.3 is 6.18 Å². The van der Waals surface area contributed by atoms with Crippen LogP contribution >= 0.6 is 0 Å². The highest BCUT2D eigenvalue weighted by atomic mass is 19.4. The molecule has 1 amide bonds. The normalized spacial score (nSPS) is 20.3. The second-order valence-electron chi connectivity index (χ2n) is 10.8. The van der Waals surface area contributed by atoms with Gasteiger partial charge in [-0.25, -0.2) is 8.78 Å². The summed E-state index contributed by atoms with van der Waals surface area (Å²) in [5, 5.41) is 7.91. The first-order chi connectivity index (χ1) is 17.9. The summed E-state index contributed by atoms with van der Waals surface area (Å²) in [6.45, 7) is 1.77. The Kier molecular flexibility index (Phi) is 5.64. The van der Waals surface area contributed by atoms with E-state index in [-0.39, 0.29) is 36.9 Å². The Bertz CT molecular complexity index is 1400. The first-order valence-electron chi connectivity index (χ1n) is 12.5. The van der Waals surface area contributed by atoms with Crippen LogP contribution in [0.1, 0.15) is 57.7 Å². The third kappa shape index (κ3) is 4.26. The third-order valence-corrected chi connectivity index (χ3v) is 8.03. The molecule has 2 aliphatic heterocycles. The van der Waals surface area contributed by atoms with E-state index in [1.54, 1.807) is 41.9 Å². The van der Waals surface area contributed by atoms with Gasteiger partial charge in [-0.1, -0.05) is 12.1 Å². The van der Waals surface area contributed by atoms with Crippen molar-refractivity contribution < 1.29 is 26.7 Å². The molecule has 3 aromatic rings. The maximum atomic E-state index is 14.2. The number of likely N-dealkylation sites (tertiary alicyclic amines) is 1. The van der Waals surface area contributed by atoms with Gasteiger partial charge in [0.15, 0.2) is 0 Å². The Morgan fingerprint density at radius 1 is 1.08 bits per heavy atom. The van der Waals surface area contributed by atoms with E-state index in [2.05, 4.69) is 10.2 Å².